The van der Waals surface area contributed by atoms with Crippen LogP contribution in [-0.2, 0) is 30.7 Å². The van der Waals surface area contributed by atoms with E-state index in [1.807, 2.05) is 37.3 Å². The van der Waals surface area contributed by atoms with Crippen molar-refractivity contribution in [1.29, 1.82) is 0 Å². The molecule has 2 rings (SSSR count). The summed E-state index contributed by atoms with van der Waals surface area (Å²) in [5.74, 6) is 0.144. The van der Waals surface area contributed by atoms with Gasteiger partial charge in [-0.25, -0.2) is 4.79 Å². The van der Waals surface area contributed by atoms with Crippen molar-refractivity contribution in [1.82, 2.24) is 5.48 Å². The van der Waals surface area contributed by atoms with Crippen LogP contribution in [-0.4, -0.2) is 45.3 Å². The maximum Gasteiger partial charge on any atom is 0.360 e. The second kappa shape index (κ2) is 13.5. The third kappa shape index (κ3) is 7.36. The quantitative estimate of drug-likeness (QED) is 0.280. The van der Waals surface area contributed by atoms with E-state index in [0.717, 1.165) is 17.7 Å². The van der Waals surface area contributed by atoms with Gasteiger partial charge in [-0.2, -0.15) is 0 Å². The van der Waals surface area contributed by atoms with Gasteiger partial charge in [0.1, 0.15) is 32.3 Å². The number of carbonyl (C=O) groups is 1. The van der Waals surface area contributed by atoms with Gasteiger partial charge in [-0.15, -0.1) is 0 Å². The van der Waals surface area contributed by atoms with Gasteiger partial charge >= 0.3 is 5.97 Å². The summed E-state index contributed by atoms with van der Waals surface area (Å²) in [7, 11) is 4.08. The predicted molar refractivity (Wildman–Crippen MR) is 125 cm³/mol. The fourth-order valence-corrected chi connectivity index (χ4v) is 2.81. The van der Waals surface area contributed by atoms with Crippen LogP contribution in [0.2, 0.25) is 0 Å². The minimum absolute atomic E-state index is 0.0324. The SMILES string of the molecule is C=C(NOCc1ccccc1C(=NOC)C(=O)OC)C(=NOC)c1ccc(OCCC)cc1. The highest BCUT2D eigenvalue weighted by molar-refractivity contribution is 6.43. The lowest BCUT2D eigenvalue weighted by Gasteiger charge is -2.14. The third-order valence-electron chi connectivity index (χ3n) is 4.33. The molecule has 0 saturated heterocycles. The average Bonchev–Trinajstić information content (AvgIpc) is 2.85. The zero-order chi connectivity index (χ0) is 24.1. The number of allylic oxidation sites excluding steroid dienone is 1. The fraction of sp³-hybridized carbons (Fsp3) is 0.292. The van der Waals surface area contributed by atoms with E-state index >= 15 is 0 Å². The molecule has 9 nitrogen and oxygen atoms in total. The number of ether oxygens (including phenoxy) is 2. The van der Waals surface area contributed by atoms with Crippen molar-refractivity contribution >= 4 is 17.4 Å². The molecule has 0 bridgehead atoms. The number of hydrogen-bond donors (Lipinski definition) is 1. The van der Waals surface area contributed by atoms with Gasteiger partial charge in [-0.1, -0.05) is 48.1 Å². The fourth-order valence-electron chi connectivity index (χ4n) is 2.81. The first-order valence-electron chi connectivity index (χ1n) is 10.2. The molecule has 0 unspecified atom stereocenters. The first-order valence-corrected chi connectivity index (χ1v) is 10.2. The van der Waals surface area contributed by atoms with Crippen LogP contribution in [0, 0.1) is 0 Å². The molecular weight excluding hydrogens is 426 g/mol. The van der Waals surface area contributed by atoms with Crippen molar-refractivity contribution < 1.29 is 28.8 Å². The molecule has 0 aliphatic carbocycles. The molecule has 0 atom stereocenters. The molecule has 1 N–H and O–H groups in total. The number of carbonyl (C=O) groups excluding carboxylic acids is 1. The van der Waals surface area contributed by atoms with Crippen LogP contribution in [0.3, 0.4) is 0 Å². The van der Waals surface area contributed by atoms with Crippen LogP contribution < -0.4 is 10.2 Å². The summed E-state index contributed by atoms with van der Waals surface area (Å²) in [5.41, 5.74) is 5.63. The van der Waals surface area contributed by atoms with Crippen LogP contribution in [0.1, 0.15) is 30.0 Å². The highest BCUT2D eigenvalue weighted by atomic mass is 16.6. The molecule has 0 radical (unpaired) electrons. The van der Waals surface area contributed by atoms with E-state index < -0.39 is 5.97 Å². The zero-order valence-electron chi connectivity index (χ0n) is 19.3. The minimum Gasteiger partial charge on any atom is -0.494 e. The van der Waals surface area contributed by atoms with Crippen LogP contribution in [0.5, 0.6) is 5.75 Å². The van der Waals surface area contributed by atoms with Crippen LogP contribution in [0.15, 0.2) is 71.1 Å². The summed E-state index contributed by atoms with van der Waals surface area (Å²) in [6.07, 6.45) is 0.928. The van der Waals surface area contributed by atoms with Gasteiger partial charge in [0, 0.05) is 11.1 Å². The highest BCUT2D eigenvalue weighted by Gasteiger charge is 2.19. The Kier molecular flexibility index (Phi) is 10.4. The number of hydroxylamine groups is 1. The Morgan fingerprint density at radius 1 is 0.970 bits per heavy atom. The van der Waals surface area contributed by atoms with Crippen molar-refractivity contribution in [3.63, 3.8) is 0 Å². The molecule has 2 aromatic carbocycles. The predicted octanol–water partition coefficient (Wildman–Crippen LogP) is 3.58. The summed E-state index contributed by atoms with van der Waals surface area (Å²) >= 11 is 0. The molecule has 0 aliphatic heterocycles. The molecule has 176 valence electrons. The van der Waals surface area contributed by atoms with E-state index in [4.69, 9.17) is 24.0 Å². The maximum absolute atomic E-state index is 12.1. The van der Waals surface area contributed by atoms with Crippen molar-refractivity contribution in [3.05, 3.63) is 77.5 Å². The van der Waals surface area contributed by atoms with Gasteiger partial charge < -0.3 is 19.1 Å². The number of nitrogens with zero attached hydrogens (tertiary/aromatic N) is 2. The Morgan fingerprint density at radius 2 is 1.64 bits per heavy atom. The number of oxime groups is 2. The number of benzene rings is 2. The topological polar surface area (TPSA) is 100.0 Å². The van der Waals surface area contributed by atoms with Gasteiger partial charge in [0.25, 0.3) is 0 Å². The van der Waals surface area contributed by atoms with E-state index in [9.17, 15) is 4.79 Å². The summed E-state index contributed by atoms with van der Waals surface area (Å²) in [6.45, 7) is 6.78. The van der Waals surface area contributed by atoms with E-state index in [1.54, 1.807) is 18.2 Å². The molecule has 33 heavy (non-hydrogen) atoms. The Labute approximate surface area is 193 Å². The van der Waals surface area contributed by atoms with Gasteiger partial charge in [0.15, 0.2) is 5.71 Å². The normalized spacial score (nSPS) is 11.5. The number of methoxy groups -OCH3 is 1. The number of esters is 1. The van der Waals surface area contributed by atoms with Gasteiger partial charge in [-0.3, -0.25) is 10.3 Å². The molecule has 2 aromatic rings. The van der Waals surface area contributed by atoms with Gasteiger partial charge in [0.2, 0.25) is 0 Å². The van der Waals surface area contributed by atoms with Gasteiger partial charge in [0.05, 0.1) is 19.4 Å². The van der Waals surface area contributed by atoms with E-state index in [0.29, 0.717) is 29.1 Å². The van der Waals surface area contributed by atoms with Crippen molar-refractivity contribution in [2.24, 2.45) is 10.3 Å². The molecule has 0 aromatic heterocycles. The van der Waals surface area contributed by atoms with Gasteiger partial charge in [-0.05, 0) is 36.2 Å². The minimum atomic E-state index is -0.623. The van der Waals surface area contributed by atoms with E-state index in [2.05, 4.69) is 22.4 Å². The highest BCUT2D eigenvalue weighted by Crippen LogP contribution is 2.16. The average molecular weight is 456 g/mol. The lowest BCUT2D eigenvalue weighted by molar-refractivity contribution is -0.132. The lowest BCUT2D eigenvalue weighted by atomic mass is 10.0. The smallest absolute Gasteiger partial charge is 0.360 e. The van der Waals surface area contributed by atoms with E-state index in [-0.39, 0.29) is 12.3 Å². The summed E-state index contributed by atoms with van der Waals surface area (Å²) in [4.78, 5) is 27.5. The lowest BCUT2D eigenvalue weighted by Crippen LogP contribution is -2.23. The maximum atomic E-state index is 12.1. The standard InChI is InChI=1S/C24H29N3O6/c1-6-15-32-20-13-11-18(12-14-20)22(26-30-4)17(2)25-33-16-19-9-7-8-10-21(19)23(27-31-5)24(28)29-3/h7-14,25H,2,6,15-16H2,1,3-5H3. The molecular formula is C24H29N3O6. The zero-order valence-corrected chi connectivity index (χ0v) is 19.3. The first kappa shape index (κ1) is 25.4. The first-order chi connectivity index (χ1) is 16.0. The Balaban J connectivity index is 2.10. The summed E-state index contributed by atoms with van der Waals surface area (Å²) in [6, 6.07) is 14.5. The molecule has 0 heterocycles. The van der Waals surface area contributed by atoms with Crippen LogP contribution in [0.4, 0.5) is 0 Å². The van der Waals surface area contributed by atoms with Crippen molar-refractivity contribution in [2.75, 3.05) is 27.9 Å². The second-order valence-electron chi connectivity index (χ2n) is 6.64. The largest absolute Gasteiger partial charge is 0.494 e. The van der Waals surface area contributed by atoms with Crippen molar-refractivity contribution in [3.8, 4) is 5.75 Å². The second-order valence-corrected chi connectivity index (χ2v) is 6.64. The molecule has 0 saturated carbocycles. The Hall–Kier alpha value is -3.85. The third-order valence-corrected chi connectivity index (χ3v) is 4.33. The molecule has 9 heteroatoms. The summed E-state index contributed by atoms with van der Waals surface area (Å²) < 4.78 is 10.4. The summed E-state index contributed by atoms with van der Waals surface area (Å²) in [5, 5.41) is 7.84. The Bertz CT molecular complexity index is 986. The van der Waals surface area contributed by atoms with Crippen LogP contribution in [0.25, 0.3) is 0 Å². The van der Waals surface area contributed by atoms with Crippen LogP contribution >= 0.6 is 0 Å². The van der Waals surface area contributed by atoms with E-state index in [1.165, 1.54) is 21.3 Å². The number of hydrogen-bond acceptors (Lipinski definition) is 9. The number of nitrogens with one attached hydrogen (secondary N) is 1. The molecule has 0 spiro atoms. The Morgan fingerprint density at radius 3 is 2.27 bits per heavy atom. The molecule has 0 aliphatic rings. The number of rotatable bonds is 13. The molecule has 0 fully saturated rings. The van der Waals surface area contributed by atoms with Crippen molar-refractivity contribution in [2.45, 2.75) is 20.0 Å². The molecule has 0 amide bonds. The monoisotopic (exact) mass is 455 g/mol.